The summed E-state index contributed by atoms with van der Waals surface area (Å²) in [6.45, 7) is 0. The summed E-state index contributed by atoms with van der Waals surface area (Å²) in [5.74, 6) is -2.66. The first-order valence-electron chi connectivity index (χ1n) is 6.05. The first kappa shape index (κ1) is 13.5. The fraction of sp³-hybridized carbons (Fsp3) is 0. The third-order valence-electron chi connectivity index (χ3n) is 3.27. The van der Waals surface area contributed by atoms with Crippen LogP contribution in [-0.2, 0) is 0 Å². The smallest absolute Gasteiger partial charge is 0.262 e. The van der Waals surface area contributed by atoms with Crippen molar-refractivity contribution in [2.45, 2.75) is 0 Å². The molecule has 3 N–H and O–H groups in total. The molecule has 22 heavy (non-hydrogen) atoms. The van der Waals surface area contributed by atoms with Crippen LogP contribution in [0.5, 0.6) is 0 Å². The SMILES string of the molecule is N#Cc1ccc(-n2c(N)c3c(cc2=O)C(=O)NC3=O)c(F)c1. The Morgan fingerprint density at radius 2 is 1.91 bits per heavy atom. The van der Waals surface area contributed by atoms with Gasteiger partial charge in [-0.2, -0.15) is 5.26 Å². The number of aromatic nitrogens is 1. The number of rotatable bonds is 1. The van der Waals surface area contributed by atoms with E-state index in [1.807, 2.05) is 5.32 Å². The number of hydrogen-bond acceptors (Lipinski definition) is 5. The van der Waals surface area contributed by atoms with Gasteiger partial charge in [-0.15, -0.1) is 0 Å². The molecule has 7 nitrogen and oxygen atoms in total. The lowest BCUT2D eigenvalue weighted by Gasteiger charge is -2.12. The molecule has 1 aliphatic heterocycles. The summed E-state index contributed by atoms with van der Waals surface area (Å²) < 4.78 is 14.9. The zero-order chi connectivity index (χ0) is 16.0. The first-order chi connectivity index (χ1) is 10.4. The van der Waals surface area contributed by atoms with Crippen LogP contribution in [0.2, 0.25) is 0 Å². The van der Waals surface area contributed by atoms with E-state index >= 15 is 0 Å². The second-order valence-electron chi connectivity index (χ2n) is 4.55. The first-order valence-corrected chi connectivity index (χ1v) is 6.05. The van der Waals surface area contributed by atoms with E-state index in [-0.39, 0.29) is 28.2 Å². The Bertz CT molecular complexity index is 956. The van der Waals surface area contributed by atoms with E-state index < -0.39 is 23.2 Å². The number of nitrogens with one attached hydrogen (secondary N) is 1. The lowest BCUT2D eigenvalue weighted by molar-refractivity contribution is 0.0880. The van der Waals surface area contributed by atoms with Crippen LogP contribution in [-0.4, -0.2) is 16.4 Å². The summed E-state index contributed by atoms with van der Waals surface area (Å²) in [4.78, 5) is 35.4. The predicted octanol–water partition coefficient (Wildman–Crippen LogP) is 0.314. The van der Waals surface area contributed by atoms with E-state index in [0.717, 1.165) is 16.7 Å². The topological polar surface area (TPSA) is 118 Å². The van der Waals surface area contributed by atoms with Crippen molar-refractivity contribution in [2.75, 3.05) is 5.73 Å². The molecule has 8 heteroatoms. The molecule has 0 saturated heterocycles. The number of carbonyl (C=O) groups excluding carboxylic acids is 2. The van der Waals surface area contributed by atoms with E-state index in [1.54, 1.807) is 6.07 Å². The number of benzene rings is 1. The van der Waals surface area contributed by atoms with Gasteiger partial charge in [0.25, 0.3) is 17.4 Å². The highest BCUT2D eigenvalue weighted by atomic mass is 19.1. The van der Waals surface area contributed by atoms with Crippen molar-refractivity contribution in [1.29, 1.82) is 5.26 Å². The Labute approximate surface area is 122 Å². The van der Waals surface area contributed by atoms with Crippen LogP contribution in [0.1, 0.15) is 26.3 Å². The molecule has 2 aromatic rings. The van der Waals surface area contributed by atoms with Crippen molar-refractivity contribution in [3.8, 4) is 11.8 Å². The summed E-state index contributed by atoms with van der Waals surface area (Å²) >= 11 is 0. The van der Waals surface area contributed by atoms with Gasteiger partial charge in [0.1, 0.15) is 11.6 Å². The van der Waals surface area contributed by atoms with E-state index in [2.05, 4.69) is 0 Å². The van der Waals surface area contributed by atoms with Crippen molar-refractivity contribution >= 4 is 17.6 Å². The van der Waals surface area contributed by atoms with Crippen LogP contribution in [0.25, 0.3) is 5.69 Å². The van der Waals surface area contributed by atoms with Crippen molar-refractivity contribution in [1.82, 2.24) is 9.88 Å². The van der Waals surface area contributed by atoms with Crippen LogP contribution >= 0.6 is 0 Å². The molecule has 0 bridgehead atoms. The standard InChI is InChI=1S/C14H7FN4O3/c15-8-3-6(5-16)1-2-9(8)19-10(20)4-7-11(12(19)17)14(22)18-13(7)21/h1-4H,17H2,(H,18,21,22). The molecule has 0 spiro atoms. The van der Waals surface area contributed by atoms with E-state index in [4.69, 9.17) is 11.0 Å². The van der Waals surface area contributed by atoms with Crippen LogP contribution in [0.15, 0.2) is 29.1 Å². The molecule has 0 aliphatic carbocycles. The Balaban J connectivity index is 2.33. The maximum Gasteiger partial charge on any atom is 0.262 e. The predicted molar refractivity (Wildman–Crippen MR) is 72.9 cm³/mol. The minimum absolute atomic E-state index is 0.0713. The van der Waals surface area contributed by atoms with Gasteiger partial charge in [0.05, 0.1) is 28.4 Å². The lowest BCUT2D eigenvalue weighted by Crippen LogP contribution is -2.24. The maximum absolute atomic E-state index is 14.1. The molecule has 108 valence electrons. The number of nitrogens with two attached hydrogens (primary N) is 1. The highest BCUT2D eigenvalue weighted by molar-refractivity contribution is 6.23. The number of fused-ring (bicyclic) bond motifs is 1. The monoisotopic (exact) mass is 298 g/mol. The second-order valence-corrected chi connectivity index (χ2v) is 4.55. The number of halogens is 1. The van der Waals surface area contributed by atoms with Crippen molar-refractivity contribution in [3.05, 3.63) is 57.1 Å². The molecular formula is C14H7FN4O3. The number of nitrogens with zero attached hydrogens (tertiary/aromatic N) is 2. The van der Waals surface area contributed by atoms with Crippen LogP contribution in [0.3, 0.4) is 0 Å². The molecule has 1 aromatic carbocycles. The van der Waals surface area contributed by atoms with Gasteiger partial charge in [-0.3, -0.25) is 24.3 Å². The molecule has 1 aromatic heterocycles. The van der Waals surface area contributed by atoms with Gasteiger partial charge in [-0.25, -0.2) is 4.39 Å². The molecule has 0 saturated carbocycles. The summed E-state index contributed by atoms with van der Waals surface area (Å²) in [5.41, 5.74) is 4.56. The number of carbonyl (C=O) groups is 2. The van der Waals surface area contributed by atoms with Gasteiger partial charge in [0, 0.05) is 6.07 Å². The highest BCUT2D eigenvalue weighted by Gasteiger charge is 2.32. The molecule has 0 radical (unpaired) electrons. The van der Waals surface area contributed by atoms with Gasteiger partial charge < -0.3 is 5.73 Å². The molecule has 2 amide bonds. The van der Waals surface area contributed by atoms with Gasteiger partial charge >= 0.3 is 0 Å². The maximum atomic E-state index is 14.1. The van der Waals surface area contributed by atoms with Crippen LogP contribution in [0.4, 0.5) is 10.2 Å². The fourth-order valence-corrected chi connectivity index (χ4v) is 2.29. The number of amides is 2. The van der Waals surface area contributed by atoms with E-state index in [1.165, 1.54) is 12.1 Å². The summed E-state index contributed by atoms with van der Waals surface area (Å²) in [5, 5.41) is 10.7. The molecule has 3 rings (SSSR count). The molecule has 0 fully saturated rings. The minimum Gasteiger partial charge on any atom is -0.384 e. The van der Waals surface area contributed by atoms with Crippen molar-refractivity contribution in [3.63, 3.8) is 0 Å². The zero-order valence-corrected chi connectivity index (χ0v) is 10.9. The van der Waals surface area contributed by atoms with Gasteiger partial charge in [-0.1, -0.05) is 0 Å². The number of nitrogen functional groups attached to an aromatic ring is 1. The molecule has 0 atom stereocenters. The van der Waals surface area contributed by atoms with E-state index in [9.17, 15) is 18.8 Å². The Morgan fingerprint density at radius 1 is 1.18 bits per heavy atom. The largest absolute Gasteiger partial charge is 0.384 e. The quantitative estimate of drug-likeness (QED) is 0.735. The summed E-state index contributed by atoms with van der Waals surface area (Å²) in [7, 11) is 0. The molecule has 0 unspecified atom stereocenters. The summed E-state index contributed by atoms with van der Waals surface area (Å²) in [6.07, 6.45) is 0. The number of nitriles is 1. The van der Waals surface area contributed by atoms with Crippen molar-refractivity contribution in [2.24, 2.45) is 0 Å². The number of hydrogen-bond donors (Lipinski definition) is 2. The van der Waals surface area contributed by atoms with E-state index in [0.29, 0.717) is 0 Å². The Hall–Kier alpha value is -3.47. The number of pyridine rings is 1. The number of anilines is 1. The molecule has 2 heterocycles. The fourth-order valence-electron chi connectivity index (χ4n) is 2.29. The van der Waals surface area contributed by atoms with Crippen LogP contribution < -0.4 is 16.6 Å². The lowest BCUT2D eigenvalue weighted by atomic mass is 10.1. The molecule has 1 aliphatic rings. The minimum atomic E-state index is -0.850. The zero-order valence-electron chi connectivity index (χ0n) is 10.9. The summed E-state index contributed by atoms with van der Waals surface area (Å²) in [6, 6.07) is 6.14. The average molecular weight is 298 g/mol. The third-order valence-corrected chi connectivity index (χ3v) is 3.27. The van der Waals surface area contributed by atoms with Gasteiger partial charge in [0.2, 0.25) is 0 Å². The Morgan fingerprint density at radius 3 is 2.55 bits per heavy atom. The number of imide groups is 1. The van der Waals surface area contributed by atoms with Crippen molar-refractivity contribution < 1.29 is 14.0 Å². The normalized spacial score (nSPS) is 12.7. The van der Waals surface area contributed by atoms with Gasteiger partial charge in [-0.05, 0) is 18.2 Å². The van der Waals surface area contributed by atoms with Crippen LogP contribution in [0, 0.1) is 17.1 Å². The second kappa shape index (κ2) is 4.53. The third kappa shape index (κ3) is 1.76. The van der Waals surface area contributed by atoms with Gasteiger partial charge in [0.15, 0.2) is 0 Å². The highest BCUT2D eigenvalue weighted by Crippen LogP contribution is 2.24. The Kier molecular flexibility index (Phi) is 2.78. The average Bonchev–Trinajstić information content (AvgIpc) is 2.75. The molecular weight excluding hydrogens is 291 g/mol.